The molecule has 5 nitrogen and oxygen atoms in total. The number of hydrogen-bond donors (Lipinski definition) is 0. The van der Waals surface area contributed by atoms with Crippen LogP contribution in [0.4, 0.5) is 0 Å². The van der Waals surface area contributed by atoms with E-state index in [1.807, 2.05) is 0 Å². The zero-order valence-electron chi connectivity index (χ0n) is 15.9. The van der Waals surface area contributed by atoms with Gasteiger partial charge in [-0.05, 0) is 52.6 Å². The molecule has 2 saturated heterocycles. The van der Waals surface area contributed by atoms with E-state index in [0.29, 0.717) is 12.5 Å². The molecule has 0 N–H and O–H groups in total. The van der Waals surface area contributed by atoms with Gasteiger partial charge in [0.15, 0.2) is 0 Å². The summed E-state index contributed by atoms with van der Waals surface area (Å²) >= 11 is 0. The number of rotatable bonds is 6. The molecule has 1 amide bonds. The Morgan fingerprint density at radius 1 is 1.36 bits per heavy atom. The Morgan fingerprint density at radius 2 is 2.24 bits per heavy atom. The van der Waals surface area contributed by atoms with Crippen molar-refractivity contribution < 1.29 is 14.3 Å². The van der Waals surface area contributed by atoms with E-state index in [-0.39, 0.29) is 17.4 Å². The highest BCUT2D eigenvalue weighted by Crippen LogP contribution is 2.41. The van der Waals surface area contributed by atoms with Crippen molar-refractivity contribution in [3.05, 3.63) is 12.2 Å². The number of piperidine rings is 1. The summed E-state index contributed by atoms with van der Waals surface area (Å²) in [6.07, 6.45) is 10.7. The van der Waals surface area contributed by atoms with E-state index >= 15 is 0 Å². The van der Waals surface area contributed by atoms with Gasteiger partial charge in [-0.15, -0.1) is 0 Å². The van der Waals surface area contributed by atoms with E-state index in [1.54, 1.807) is 0 Å². The average molecular weight is 351 g/mol. The molecule has 5 heteroatoms. The number of nitrogens with zero attached hydrogens (tertiary/aromatic N) is 2. The molecule has 0 radical (unpaired) electrons. The van der Waals surface area contributed by atoms with E-state index in [4.69, 9.17) is 9.47 Å². The quantitative estimate of drug-likeness (QED) is 0.545. The van der Waals surface area contributed by atoms with Crippen LogP contribution in [0.15, 0.2) is 12.2 Å². The van der Waals surface area contributed by atoms with Gasteiger partial charge in [0.25, 0.3) is 0 Å². The Labute approximate surface area is 152 Å². The molecule has 0 spiro atoms. The minimum atomic E-state index is -0.0109. The molecule has 0 unspecified atom stereocenters. The van der Waals surface area contributed by atoms with Gasteiger partial charge in [-0.3, -0.25) is 4.79 Å². The van der Waals surface area contributed by atoms with E-state index in [9.17, 15) is 4.79 Å². The maximum Gasteiger partial charge on any atom is 0.226 e. The van der Waals surface area contributed by atoms with Gasteiger partial charge in [-0.25, -0.2) is 0 Å². The molecule has 0 aromatic carbocycles. The molecule has 3 atom stereocenters. The van der Waals surface area contributed by atoms with Crippen LogP contribution in [0.1, 0.15) is 38.5 Å². The highest BCUT2D eigenvalue weighted by molar-refractivity contribution is 5.79. The van der Waals surface area contributed by atoms with E-state index in [1.165, 1.54) is 0 Å². The monoisotopic (exact) mass is 350 g/mol. The van der Waals surface area contributed by atoms with Gasteiger partial charge in [0, 0.05) is 37.6 Å². The summed E-state index contributed by atoms with van der Waals surface area (Å²) in [6.45, 7) is 4.87. The summed E-state index contributed by atoms with van der Waals surface area (Å²) in [6, 6.07) is 0. The third-order valence-electron chi connectivity index (χ3n) is 5.99. The van der Waals surface area contributed by atoms with Crippen molar-refractivity contribution in [1.29, 1.82) is 0 Å². The van der Waals surface area contributed by atoms with Gasteiger partial charge in [0.2, 0.25) is 5.91 Å². The van der Waals surface area contributed by atoms with Crippen LogP contribution in [0.3, 0.4) is 0 Å². The number of amides is 1. The highest BCUT2D eigenvalue weighted by atomic mass is 16.5. The lowest BCUT2D eigenvalue weighted by atomic mass is 9.72. The maximum absolute atomic E-state index is 13.0. The largest absolute Gasteiger partial charge is 0.379 e. The smallest absolute Gasteiger partial charge is 0.226 e. The molecule has 1 aliphatic carbocycles. The predicted octanol–water partition coefficient (Wildman–Crippen LogP) is 2.32. The third kappa shape index (κ3) is 4.63. The topological polar surface area (TPSA) is 42.0 Å². The van der Waals surface area contributed by atoms with Crippen LogP contribution in [-0.2, 0) is 14.3 Å². The fourth-order valence-corrected chi connectivity index (χ4v) is 4.49. The summed E-state index contributed by atoms with van der Waals surface area (Å²) in [7, 11) is 4.13. The van der Waals surface area contributed by atoms with Crippen molar-refractivity contribution in [2.45, 2.75) is 44.6 Å². The molecular formula is C20H34N2O3. The van der Waals surface area contributed by atoms with E-state index in [0.717, 1.165) is 71.4 Å². The van der Waals surface area contributed by atoms with E-state index in [2.05, 4.69) is 36.0 Å². The first-order valence-corrected chi connectivity index (χ1v) is 9.89. The molecule has 142 valence electrons. The molecule has 0 bridgehead atoms. The highest BCUT2D eigenvalue weighted by Gasteiger charge is 2.47. The lowest BCUT2D eigenvalue weighted by molar-refractivity contribution is -0.167. The Morgan fingerprint density at radius 3 is 3.00 bits per heavy atom. The molecular weight excluding hydrogens is 316 g/mol. The van der Waals surface area contributed by atoms with Gasteiger partial charge in [-0.2, -0.15) is 0 Å². The molecule has 0 saturated carbocycles. The Hall–Kier alpha value is -0.910. The zero-order valence-corrected chi connectivity index (χ0v) is 15.9. The second-order valence-electron chi connectivity index (χ2n) is 8.21. The molecule has 2 fully saturated rings. The molecule has 3 aliphatic rings. The zero-order chi connectivity index (χ0) is 17.7. The van der Waals surface area contributed by atoms with Crippen LogP contribution in [0, 0.1) is 11.3 Å². The van der Waals surface area contributed by atoms with Crippen LogP contribution >= 0.6 is 0 Å². The number of carbonyl (C=O) groups excluding carboxylic acids is 1. The minimum Gasteiger partial charge on any atom is -0.379 e. The fourth-order valence-electron chi connectivity index (χ4n) is 4.49. The molecule has 2 heterocycles. The lowest BCUT2D eigenvalue weighted by Crippen LogP contribution is -2.59. The summed E-state index contributed by atoms with van der Waals surface area (Å²) in [5.41, 5.74) is -0.0109. The minimum absolute atomic E-state index is 0.0109. The molecule has 3 rings (SSSR count). The lowest BCUT2D eigenvalue weighted by Gasteiger charge is -2.50. The van der Waals surface area contributed by atoms with Crippen molar-refractivity contribution >= 4 is 5.91 Å². The predicted molar refractivity (Wildman–Crippen MR) is 98.5 cm³/mol. The SMILES string of the molecule is CN(C)CCOC[C@]12CCCO[C@@H]1CCN(C(=O)[C@@H]1CC=CCC1)C2. The van der Waals surface area contributed by atoms with Crippen LogP contribution in [-0.4, -0.2) is 75.4 Å². The van der Waals surface area contributed by atoms with Crippen LogP contribution in [0.5, 0.6) is 0 Å². The number of hydrogen-bond acceptors (Lipinski definition) is 4. The second-order valence-corrected chi connectivity index (χ2v) is 8.21. The van der Waals surface area contributed by atoms with Crippen molar-refractivity contribution in [3.63, 3.8) is 0 Å². The maximum atomic E-state index is 13.0. The average Bonchev–Trinajstić information content (AvgIpc) is 2.65. The van der Waals surface area contributed by atoms with Crippen molar-refractivity contribution in [1.82, 2.24) is 9.80 Å². The van der Waals surface area contributed by atoms with Gasteiger partial charge >= 0.3 is 0 Å². The molecule has 0 aromatic rings. The van der Waals surface area contributed by atoms with Crippen molar-refractivity contribution in [2.75, 3.05) is 53.6 Å². The summed E-state index contributed by atoms with van der Waals surface area (Å²) < 4.78 is 12.1. The summed E-state index contributed by atoms with van der Waals surface area (Å²) in [4.78, 5) is 17.2. The second kappa shape index (κ2) is 8.65. The van der Waals surface area contributed by atoms with Crippen LogP contribution in [0.2, 0.25) is 0 Å². The molecule has 0 aromatic heterocycles. The summed E-state index contributed by atoms with van der Waals surface area (Å²) in [5.74, 6) is 0.527. The van der Waals surface area contributed by atoms with Crippen LogP contribution < -0.4 is 0 Å². The number of ether oxygens (including phenoxy) is 2. The van der Waals surface area contributed by atoms with E-state index < -0.39 is 0 Å². The Kier molecular flexibility index (Phi) is 6.53. The fraction of sp³-hybridized carbons (Fsp3) is 0.850. The number of allylic oxidation sites excluding steroid dienone is 2. The molecule has 25 heavy (non-hydrogen) atoms. The van der Waals surface area contributed by atoms with Gasteiger partial charge < -0.3 is 19.3 Å². The number of carbonyl (C=O) groups is 1. The van der Waals surface area contributed by atoms with Gasteiger partial charge in [0.05, 0.1) is 19.3 Å². The standard InChI is InChI=1S/C20H34N2O3/c1-21(2)12-14-24-16-20-10-6-13-25-18(20)9-11-22(15-20)19(23)17-7-4-3-5-8-17/h3-4,17-18H,5-16H2,1-2H3/t17-,18-,20-/m1/s1. The number of fused-ring (bicyclic) bond motifs is 1. The normalized spacial score (nSPS) is 32.7. The third-order valence-corrected chi connectivity index (χ3v) is 5.99. The van der Waals surface area contributed by atoms with Crippen molar-refractivity contribution in [3.8, 4) is 0 Å². The van der Waals surface area contributed by atoms with Gasteiger partial charge in [0.1, 0.15) is 0 Å². The van der Waals surface area contributed by atoms with Gasteiger partial charge in [-0.1, -0.05) is 12.2 Å². The summed E-state index contributed by atoms with van der Waals surface area (Å²) in [5, 5.41) is 0. The number of likely N-dealkylation sites (N-methyl/N-ethyl adjacent to an activating group) is 1. The first kappa shape index (κ1) is 18.9. The Balaban J connectivity index is 1.62. The van der Waals surface area contributed by atoms with Crippen molar-refractivity contribution in [2.24, 2.45) is 11.3 Å². The molecule has 2 aliphatic heterocycles. The first-order valence-electron chi connectivity index (χ1n) is 9.89. The number of likely N-dealkylation sites (tertiary alicyclic amines) is 1. The Bertz CT molecular complexity index is 480. The first-order chi connectivity index (χ1) is 12.1. The van der Waals surface area contributed by atoms with Crippen LogP contribution in [0.25, 0.3) is 0 Å².